The Labute approximate surface area is 132 Å². The lowest BCUT2D eigenvalue weighted by molar-refractivity contribution is 0.102. The molecule has 2 N–H and O–H groups in total. The van der Waals surface area contributed by atoms with E-state index in [-0.39, 0.29) is 6.10 Å². The zero-order valence-electron chi connectivity index (χ0n) is 13.6. The van der Waals surface area contributed by atoms with Gasteiger partial charge < -0.3 is 15.3 Å². The van der Waals surface area contributed by atoms with Gasteiger partial charge in [0.25, 0.3) is 0 Å². The predicted octanol–water partition coefficient (Wildman–Crippen LogP) is 1.47. The molecule has 0 aromatic carbocycles. The maximum atomic E-state index is 9.43. The second-order valence-corrected chi connectivity index (χ2v) is 6.22. The molecule has 1 aromatic heterocycles. The van der Waals surface area contributed by atoms with Crippen LogP contribution in [0.15, 0.2) is 0 Å². The number of aliphatic hydroxyl groups excluding tert-OH is 1. The number of aryl methyl sites for hydroxylation is 1. The van der Waals surface area contributed by atoms with Crippen molar-refractivity contribution in [2.75, 3.05) is 31.5 Å². The quantitative estimate of drug-likeness (QED) is 0.857. The molecule has 6 nitrogen and oxygen atoms in total. The first-order chi connectivity index (χ1) is 10.5. The molecular weight excluding hydrogens is 278 g/mol. The molecule has 2 rings (SSSR count). The number of β-amino-alcohol motifs (C(OH)–C–C–N with tert-alkyl or cyclic N) is 1. The monoisotopic (exact) mass is 303 g/mol. The van der Waals surface area contributed by atoms with Crippen LogP contribution in [-0.4, -0.2) is 52.5 Å². The van der Waals surface area contributed by atoms with E-state index in [1.807, 2.05) is 20.8 Å². The van der Waals surface area contributed by atoms with Crippen LogP contribution in [0.1, 0.15) is 36.6 Å². The fourth-order valence-electron chi connectivity index (χ4n) is 2.86. The third kappa shape index (κ3) is 4.15. The van der Waals surface area contributed by atoms with Crippen molar-refractivity contribution in [3.63, 3.8) is 0 Å². The highest BCUT2D eigenvalue weighted by molar-refractivity contribution is 5.55. The van der Waals surface area contributed by atoms with Crippen LogP contribution in [0, 0.1) is 31.1 Å². The van der Waals surface area contributed by atoms with Gasteiger partial charge in [0.1, 0.15) is 11.6 Å². The highest BCUT2D eigenvalue weighted by Gasteiger charge is 2.20. The summed E-state index contributed by atoms with van der Waals surface area (Å²) < 4.78 is 0. The predicted molar refractivity (Wildman–Crippen MR) is 85.6 cm³/mol. The minimum atomic E-state index is -0.265. The molecule has 2 heterocycles. The van der Waals surface area contributed by atoms with E-state index in [1.54, 1.807) is 0 Å². The lowest BCUT2D eigenvalue weighted by atomic mass is 9.96. The number of nitrogens with one attached hydrogen (secondary N) is 1. The molecule has 0 unspecified atom stereocenters. The highest BCUT2D eigenvalue weighted by Crippen LogP contribution is 2.21. The lowest BCUT2D eigenvalue weighted by Crippen LogP contribution is -2.39. The van der Waals surface area contributed by atoms with Crippen LogP contribution < -0.4 is 5.32 Å². The summed E-state index contributed by atoms with van der Waals surface area (Å²) in [5.74, 6) is 1.16. The van der Waals surface area contributed by atoms with Crippen LogP contribution in [-0.2, 0) is 0 Å². The number of aliphatic hydroxyl groups is 1. The summed E-state index contributed by atoms with van der Waals surface area (Å²) in [5, 5.41) is 30.2. The van der Waals surface area contributed by atoms with Gasteiger partial charge in [-0.15, -0.1) is 5.10 Å². The normalized spacial score (nSPS) is 18.0. The Bertz CT molecular complexity index is 544. The van der Waals surface area contributed by atoms with E-state index in [0.717, 1.165) is 50.3 Å². The van der Waals surface area contributed by atoms with Gasteiger partial charge in [-0.3, -0.25) is 0 Å². The first-order valence-corrected chi connectivity index (χ1v) is 7.89. The molecule has 1 fully saturated rings. The zero-order valence-corrected chi connectivity index (χ0v) is 13.6. The maximum Gasteiger partial charge on any atom is 0.166 e. The number of hydrogen-bond acceptors (Lipinski definition) is 6. The lowest BCUT2D eigenvalue weighted by Gasteiger charge is -2.32. The van der Waals surface area contributed by atoms with Crippen molar-refractivity contribution in [2.24, 2.45) is 5.92 Å². The molecule has 0 amide bonds. The number of anilines is 1. The number of hydrogen-bond donors (Lipinski definition) is 2. The van der Waals surface area contributed by atoms with E-state index in [9.17, 15) is 10.4 Å². The Morgan fingerprint density at radius 1 is 1.36 bits per heavy atom. The van der Waals surface area contributed by atoms with Crippen molar-refractivity contribution >= 4 is 5.82 Å². The van der Waals surface area contributed by atoms with E-state index >= 15 is 0 Å². The molecule has 0 radical (unpaired) electrons. The molecule has 1 saturated heterocycles. The Hall–Kier alpha value is -1.71. The van der Waals surface area contributed by atoms with Gasteiger partial charge in [-0.25, -0.2) is 0 Å². The van der Waals surface area contributed by atoms with Crippen LogP contribution in [0.3, 0.4) is 0 Å². The van der Waals surface area contributed by atoms with Gasteiger partial charge in [-0.2, -0.15) is 10.4 Å². The van der Waals surface area contributed by atoms with E-state index in [0.29, 0.717) is 17.3 Å². The smallest absolute Gasteiger partial charge is 0.166 e. The molecule has 22 heavy (non-hydrogen) atoms. The number of likely N-dealkylation sites (tertiary alicyclic amines) is 1. The van der Waals surface area contributed by atoms with E-state index in [2.05, 4.69) is 26.5 Å². The first-order valence-electron chi connectivity index (χ1n) is 7.89. The minimum absolute atomic E-state index is 0.265. The van der Waals surface area contributed by atoms with Gasteiger partial charge >= 0.3 is 0 Å². The third-order valence-corrected chi connectivity index (χ3v) is 4.35. The summed E-state index contributed by atoms with van der Waals surface area (Å²) in [4.78, 5) is 2.30. The third-order valence-electron chi connectivity index (χ3n) is 4.35. The summed E-state index contributed by atoms with van der Waals surface area (Å²) in [6.07, 6.45) is 1.93. The minimum Gasteiger partial charge on any atom is -0.392 e. The second kappa shape index (κ2) is 7.52. The van der Waals surface area contributed by atoms with Crippen LogP contribution in [0.25, 0.3) is 0 Å². The molecule has 1 aromatic rings. The van der Waals surface area contributed by atoms with Crippen LogP contribution >= 0.6 is 0 Å². The van der Waals surface area contributed by atoms with E-state index < -0.39 is 0 Å². The van der Waals surface area contributed by atoms with Crippen molar-refractivity contribution in [2.45, 2.75) is 39.7 Å². The van der Waals surface area contributed by atoms with Crippen LogP contribution in [0.4, 0.5) is 5.82 Å². The van der Waals surface area contributed by atoms with E-state index in [4.69, 9.17) is 0 Å². The average molecular weight is 303 g/mol. The molecule has 6 heteroatoms. The Balaban J connectivity index is 1.88. The molecule has 1 atom stereocenters. The summed E-state index contributed by atoms with van der Waals surface area (Å²) in [5.41, 5.74) is 2.29. The Morgan fingerprint density at radius 2 is 2.05 bits per heavy atom. The van der Waals surface area contributed by atoms with Gasteiger partial charge in [0.15, 0.2) is 5.82 Å². The van der Waals surface area contributed by atoms with Crippen LogP contribution in [0.5, 0.6) is 0 Å². The van der Waals surface area contributed by atoms with Crippen molar-refractivity contribution in [3.8, 4) is 6.07 Å². The summed E-state index contributed by atoms with van der Waals surface area (Å²) >= 11 is 0. The highest BCUT2D eigenvalue weighted by atomic mass is 16.3. The number of nitriles is 1. The second-order valence-electron chi connectivity index (χ2n) is 6.22. The molecule has 0 saturated carbocycles. The molecular formula is C16H25N5O. The van der Waals surface area contributed by atoms with Crippen molar-refractivity contribution in [1.29, 1.82) is 5.26 Å². The van der Waals surface area contributed by atoms with Gasteiger partial charge in [0.05, 0.1) is 11.8 Å². The van der Waals surface area contributed by atoms with Crippen LogP contribution in [0.2, 0.25) is 0 Å². The fourth-order valence-corrected chi connectivity index (χ4v) is 2.86. The van der Waals surface area contributed by atoms with Crippen molar-refractivity contribution in [1.82, 2.24) is 15.1 Å². The molecule has 1 aliphatic rings. The number of rotatable bonds is 5. The topological polar surface area (TPSA) is 85.1 Å². The van der Waals surface area contributed by atoms with Gasteiger partial charge in [-0.1, -0.05) is 0 Å². The summed E-state index contributed by atoms with van der Waals surface area (Å²) in [6.45, 7) is 9.19. The summed E-state index contributed by atoms with van der Waals surface area (Å²) in [6, 6.07) is 2.22. The summed E-state index contributed by atoms with van der Waals surface area (Å²) in [7, 11) is 0. The van der Waals surface area contributed by atoms with Crippen molar-refractivity contribution < 1.29 is 5.11 Å². The largest absolute Gasteiger partial charge is 0.392 e. The number of nitrogens with zero attached hydrogens (tertiary/aromatic N) is 4. The zero-order chi connectivity index (χ0) is 16.1. The van der Waals surface area contributed by atoms with Crippen molar-refractivity contribution in [3.05, 3.63) is 16.8 Å². The average Bonchev–Trinajstić information content (AvgIpc) is 2.49. The Kier molecular flexibility index (Phi) is 5.69. The maximum absolute atomic E-state index is 9.43. The SMILES string of the molecule is Cc1nnc(NCC2CCN(C[C@@H](C)O)CC2)c(C#N)c1C. The van der Waals surface area contributed by atoms with Gasteiger partial charge in [-0.05, 0) is 58.2 Å². The first kappa shape index (κ1) is 16.7. The fraction of sp³-hybridized carbons (Fsp3) is 0.688. The molecule has 0 aliphatic carbocycles. The standard InChI is InChI=1S/C16H25N5O/c1-11(22)10-21-6-4-14(5-7-21)9-18-16-15(8-17)12(2)13(3)19-20-16/h11,14,22H,4-7,9-10H2,1-3H3,(H,18,20)/t11-/m1/s1. The molecule has 0 spiro atoms. The van der Waals surface area contributed by atoms with E-state index in [1.165, 1.54) is 0 Å². The number of aromatic nitrogens is 2. The number of piperidine rings is 1. The van der Waals surface area contributed by atoms with Gasteiger partial charge in [0.2, 0.25) is 0 Å². The molecule has 0 bridgehead atoms. The molecule has 1 aliphatic heterocycles. The van der Waals surface area contributed by atoms with Gasteiger partial charge in [0, 0.05) is 13.1 Å². The Morgan fingerprint density at radius 3 is 2.64 bits per heavy atom. The molecule has 120 valence electrons.